The van der Waals surface area contributed by atoms with Crippen LogP contribution in [0.15, 0.2) is 29.0 Å². The monoisotopic (exact) mass is 306 g/mol. The van der Waals surface area contributed by atoms with Gasteiger partial charge in [-0.15, -0.1) is 0 Å². The molecular formula is C14H15BrN2O. The third-order valence-corrected chi connectivity index (χ3v) is 4.17. The minimum absolute atomic E-state index is 0.311. The molecule has 2 heterocycles. The molecule has 3 rings (SSSR count). The quantitative estimate of drug-likeness (QED) is 0.878. The van der Waals surface area contributed by atoms with Crippen molar-refractivity contribution in [1.29, 1.82) is 0 Å². The van der Waals surface area contributed by atoms with Gasteiger partial charge in [-0.25, -0.2) is 0 Å². The van der Waals surface area contributed by atoms with E-state index in [1.807, 2.05) is 6.07 Å². The molecule has 0 bridgehead atoms. The van der Waals surface area contributed by atoms with Gasteiger partial charge in [-0.2, -0.15) is 0 Å². The smallest absolute Gasteiger partial charge is 0.0807 e. The van der Waals surface area contributed by atoms with Crippen LogP contribution in [0.1, 0.15) is 35.9 Å². The Morgan fingerprint density at radius 2 is 2.33 bits per heavy atom. The van der Waals surface area contributed by atoms with Gasteiger partial charge in [0.1, 0.15) is 0 Å². The lowest BCUT2D eigenvalue weighted by Gasteiger charge is -2.21. The molecule has 0 saturated carbocycles. The molecule has 1 aliphatic rings. The number of aromatic nitrogens is 2. The van der Waals surface area contributed by atoms with E-state index in [0.717, 1.165) is 40.7 Å². The maximum Gasteiger partial charge on any atom is 0.0807 e. The summed E-state index contributed by atoms with van der Waals surface area (Å²) in [7, 11) is 0. The first-order valence-electron chi connectivity index (χ1n) is 6.17. The third kappa shape index (κ3) is 1.80. The lowest BCUT2D eigenvalue weighted by Crippen LogP contribution is -2.11. The summed E-state index contributed by atoms with van der Waals surface area (Å²) in [6.45, 7) is 2.08. The summed E-state index contributed by atoms with van der Waals surface area (Å²) in [4.78, 5) is 4.10. The molecule has 1 atom stereocenters. The molecule has 2 aromatic rings. The highest BCUT2D eigenvalue weighted by Crippen LogP contribution is 2.35. The number of hydrogen-bond donors (Lipinski definition) is 1. The third-order valence-electron chi connectivity index (χ3n) is 3.56. The van der Waals surface area contributed by atoms with E-state index in [4.69, 9.17) is 0 Å². The van der Waals surface area contributed by atoms with Gasteiger partial charge in [-0.05, 0) is 54.2 Å². The topological polar surface area (TPSA) is 38.0 Å². The molecule has 2 aromatic heterocycles. The van der Waals surface area contributed by atoms with Gasteiger partial charge in [0.15, 0.2) is 0 Å². The van der Waals surface area contributed by atoms with E-state index in [2.05, 4.69) is 38.5 Å². The number of aryl methyl sites for hydroxylation is 1. The Kier molecular flexibility index (Phi) is 2.99. The predicted molar refractivity (Wildman–Crippen MR) is 73.9 cm³/mol. The fraction of sp³-hybridized carbons (Fsp3) is 0.357. The number of aliphatic hydroxyl groups is 1. The maximum atomic E-state index is 10.1. The van der Waals surface area contributed by atoms with Gasteiger partial charge in [0.25, 0.3) is 0 Å². The van der Waals surface area contributed by atoms with Crippen LogP contribution >= 0.6 is 15.9 Å². The zero-order chi connectivity index (χ0) is 12.7. The Morgan fingerprint density at radius 1 is 1.50 bits per heavy atom. The predicted octanol–water partition coefficient (Wildman–Crippen LogP) is 3.31. The molecule has 1 aliphatic carbocycles. The highest BCUT2D eigenvalue weighted by Gasteiger charge is 2.24. The Hall–Kier alpha value is -1.13. The van der Waals surface area contributed by atoms with Gasteiger partial charge in [-0.3, -0.25) is 4.98 Å². The second-order valence-electron chi connectivity index (χ2n) is 4.76. The minimum Gasteiger partial charge on any atom is -0.388 e. The fourth-order valence-electron chi connectivity index (χ4n) is 2.76. The summed E-state index contributed by atoms with van der Waals surface area (Å²) in [5, 5.41) is 10.1. The van der Waals surface area contributed by atoms with E-state index in [1.165, 1.54) is 5.69 Å². The van der Waals surface area contributed by atoms with Gasteiger partial charge in [-0.1, -0.05) is 0 Å². The van der Waals surface area contributed by atoms with Crippen molar-refractivity contribution in [1.82, 2.24) is 9.55 Å². The number of rotatable bonds is 1. The SMILES string of the molecule is Cc1cc2c(n1-c1ccncc1Br)CCCC2O. The molecule has 0 saturated heterocycles. The van der Waals surface area contributed by atoms with Crippen LogP contribution in [0.3, 0.4) is 0 Å². The lowest BCUT2D eigenvalue weighted by atomic mass is 9.95. The summed E-state index contributed by atoms with van der Waals surface area (Å²) in [5.41, 5.74) is 4.58. The average Bonchev–Trinajstić information content (AvgIpc) is 2.68. The van der Waals surface area contributed by atoms with Crippen molar-refractivity contribution in [3.8, 4) is 5.69 Å². The normalized spacial score (nSPS) is 18.7. The first-order valence-corrected chi connectivity index (χ1v) is 6.97. The van der Waals surface area contributed by atoms with Crippen LogP contribution in [-0.4, -0.2) is 14.7 Å². The Morgan fingerprint density at radius 3 is 3.11 bits per heavy atom. The van der Waals surface area contributed by atoms with Crippen molar-refractivity contribution in [2.75, 3.05) is 0 Å². The number of hydrogen-bond acceptors (Lipinski definition) is 2. The van der Waals surface area contributed by atoms with E-state index in [0.29, 0.717) is 0 Å². The highest BCUT2D eigenvalue weighted by atomic mass is 79.9. The van der Waals surface area contributed by atoms with Crippen LogP contribution in [0, 0.1) is 6.92 Å². The molecule has 0 radical (unpaired) electrons. The second kappa shape index (κ2) is 4.52. The number of pyridine rings is 1. The maximum absolute atomic E-state index is 10.1. The summed E-state index contributed by atoms with van der Waals surface area (Å²) in [5.74, 6) is 0. The first kappa shape index (κ1) is 11.9. The van der Waals surface area contributed by atoms with E-state index >= 15 is 0 Å². The fourth-order valence-corrected chi connectivity index (χ4v) is 3.19. The van der Waals surface area contributed by atoms with Gasteiger partial charge in [0, 0.05) is 29.3 Å². The Bertz CT molecular complexity index is 591. The zero-order valence-corrected chi connectivity index (χ0v) is 11.8. The van der Waals surface area contributed by atoms with Gasteiger partial charge in [0.2, 0.25) is 0 Å². The van der Waals surface area contributed by atoms with Crippen molar-refractivity contribution >= 4 is 15.9 Å². The number of halogens is 1. The Labute approximate surface area is 115 Å². The van der Waals surface area contributed by atoms with Gasteiger partial charge < -0.3 is 9.67 Å². The molecule has 18 heavy (non-hydrogen) atoms. The van der Waals surface area contributed by atoms with Crippen LogP contribution in [0.25, 0.3) is 5.69 Å². The molecule has 94 valence electrons. The van der Waals surface area contributed by atoms with Gasteiger partial charge >= 0.3 is 0 Å². The minimum atomic E-state index is -0.311. The molecule has 0 aromatic carbocycles. The summed E-state index contributed by atoms with van der Waals surface area (Å²) >= 11 is 3.55. The van der Waals surface area contributed by atoms with E-state index < -0.39 is 0 Å². The molecule has 1 N–H and O–H groups in total. The van der Waals surface area contributed by atoms with Gasteiger partial charge in [0.05, 0.1) is 16.3 Å². The number of fused-ring (bicyclic) bond motifs is 1. The zero-order valence-electron chi connectivity index (χ0n) is 10.2. The van der Waals surface area contributed by atoms with Crippen LogP contribution in [0.2, 0.25) is 0 Å². The summed E-state index contributed by atoms with van der Waals surface area (Å²) in [6, 6.07) is 4.10. The molecule has 4 heteroatoms. The van der Waals surface area contributed by atoms with E-state index in [-0.39, 0.29) is 6.10 Å². The summed E-state index contributed by atoms with van der Waals surface area (Å²) < 4.78 is 3.20. The largest absolute Gasteiger partial charge is 0.388 e. The molecule has 3 nitrogen and oxygen atoms in total. The lowest BCUT2D eigenvalue weighted by molar-refractivity contribution is 0.156. The summed E-state index contributed by atoms with van der Waals surface area (Å²) in [6.07, 6.45) is 6.23. The molecular weight excluding hydrogens is 292 g/mol. The van der Waals surface area contributed by atoms with Crippen molar-refractivity contribution in [3.05, 3.63) is 46.0 Å². The van der Waals surface area contributed by atoms with Crippen LogP contribution in [-0.2, 0) is 6.42 Å². The number of nitrogens with zero attached hydrogens (tertiary/aromatic N) is 2. The molecule has 0 fully saturated rings. The molecule has 0 amide bonds. The van der Waals surface area contributed by atoms with Crippen LogP contribution < -0.4 is 0 Å². The van der Waals surface area contributed by atoms with Crippen molar-refractivity contribution < 1.29 is 5.11 Å². The molecule has 0 aliphatic heterocycles. The van der Waals surface area contributed by atoms with E-state index in [1.54, 1.807) is 12.4 Å². The van der Waals surface area contributed by atoms with Crippen molar-refractivity contribution in [2.24, 2.45) is 0 Å². The van der Waals surface area contributed by atoms with Crippen LogP contribution in [0.4, 0.5) is 0 Å². The Balaban J connectivity index is 2.22. The van der Waals surface area contributed by atoms with Crippen LogP contribution in [0.5, 0.6) is 0 Å². The standard InChI is InChI=1S/C14H15BrN2O/c1-9-7-10-12(3-2-4-14(10)18)17(9)13-5-6-16-8-11(13)15/h5-8,14,18H,2-4H2,1H3. The van der Waals surface area contributed by atoms with Crippen molar-refractivity contribution in [2.45, 2.75) is 32.3 Å². The molecule has 0 spiro atoms. The average molecular weight is 307 g/mol. The van der Waals surface area contributed by atoms with E-state index in [9.17, 15) is 5.11 Å². The highest BCUT2D eigenvalue weighted by molar-refractivity contribution is 9.10. The van der Waals surface area contributed by atoms with Crippen molar-refractivity contribution in [3.63, 3.8) is 0 Å². The number of aliphatic hydroxyl groups excluding tert-OH is 1. The molecule has 1 unspecified atom stereocenters. The first-order chi connectivity index (χ1) is 8.68. The second-order valence-corrected chi connectivity index (χ2v) is 5.61.